The van der Waals surface area contributed by atoms with Crippen LogP contribution in [0, 0.1) is 0 Å². The molecule has 0 aliphatic carbocycles. The van der Waals surface area contributed by atoms with Gasteiger partial charge in [-0.3, -0.25) is 4.79 Å². The third kappa shape index (κ3) is 4.64. The van der Waals surface area contributed by atoms with E-state index in [9.17, 15) is 4.79 Å². The van der Waals surface area contributed by atoms with Crippen LogP contribution in [-0.2, 0) is 4.79 Å². The van der Waals surface area contributed by atoms with Crippen molar-refractivity contribution in [1.82, 2.24) is 4.98 Å². The van der Waals surface area contributed by atoms with Crippen LogP contribution in [0.25, 0.3) is 33.6 Å². The molecule has 1 amide bonds. The zero-order valence-electron chi connectivity index (χ0n) is 18.0. The third-order valence-electron chi connectivity index (χ3n) is 5.09. The fraction of sp³-hybridized carbons (Fsp3) is 0.111. The molecule has 1 N–H and O–H groups in total. The monoisotopic (exact) mass is 407 g/mol. The van der Waals surface area contributed by atoms with Crippen LogP contribution >= 0.6 is 0 Å². The van der Waals surface area contributed by atoms with Crippen LogP contribution in [-0.4, -0.2) is 25.0 Å². The van der Waals surface area contributed by atoms with Gasteiger partial charge in [-0.25, -0.2) is 4.98 Å². The second kappa shape index (κ2) is 8.84. The highest BCUT2D eigenvalue weighted by molar-refractivity contribution is 5.94. The van der Waals surface area contributed by atoms with Gasteiger partial charge >= 0.3 is 0 Å². The number of carbonyl (C=O) groups is 1. The van der Waals surface area contributed by atoms with Crippen molar-refractivity contribution < 1.29 is 4.79 Å². The van der Waals surface area contributed by atoms with Crippen molar-refractivity contribution in [1.29, 1.82) is 0 Å². The standard InChI is InChI=1S/C27H25N3O/c1-19(31)28-24-15-14-22(18-27(24)30(2)3)23-16-25(20-10-6-4-7-11-20)29-26(17-23)21-12-8-5-9-13-21/h4-18H,1-3H3,(H,28,31). The van der Waals surface area contributed by atoms with Crippen molar-refractivity contribution in [2.24, 2.45) is 0 Å². The van der Waals surface area contributed by atoms with E-state index in [1.54, 1.807) is 0 Å². The van der Waals surface area contributed by atoms with E-state index in [0.717, 1.165) is 45.0 Å². The lowest BCUT2D eigenvalue weighted by atomic mass is 9.99. The number of aromatic nitrogens is 1. The predicted molar refractivity (Wildman–Crippen MR) is 129 cm³/mol. The Morgan fingerprint density at radius 3 is 1.74 bits per heavy atom. The van der Waals surface area contributed by atoms with Crippen molar-refractivity contribution in [2.45, 2.75) is 6.92 Å². The fourth-order valence-corrected chi connectivity index (χ4v) is 3.59. The first kappa shape index (κ1) is 20.4. The highest BCUT2D eigenvalue weighted by Crippen LogP contribution is 2.34. The quantitative estimate of drug-likeness (QED) is 0.434. The molecule has 0 atom stereocenters. The van der Waals surface area contributed by atoms with E-state index in [0.29, 0.717) is 0 Å². The molecule has 3 aromatic carbocycles. The molecule has 0 radical (unpaired) electrons. The number of pyridine rings is 1. The molecule has 31 heavy (non-hydrogen) atoms. The Hall–Kier alpha value is -3.92. The number of rotatable bonds is 5. The zero-order valence-corrected chi connectivity index (χ0v) is 18.0. The number of benzene rings is 3. The first-order chi connectivity index (χ1) is 15.0. The normalized spacial score (nSPS) is 10.5. The van der Waals surface area contributed by atoms with Crippen LogP contribution in [0.1, 0.15) is 6.92 Å². The molecule has 0 saturated heterocycles. The molecule has 0 unspecified atom stereocenters. The summed E-state index contributed by atoms with van der Waals surface area (Å²) in [6, 6.07) is 30.8. The zero-order chi connectivity index (χ0) is 21.8. The minimum Gasteiger partial charge on any atom is -0.376 e. The Balaban J connectivity index is 1.88. The van der Waals surface area contributed by atoms with Crippen LogP contribution in [0.2, 0.25) is 0 Å². The summed E-state index contributed by atoms with van der Waals surface area (Å²) in [5, 5.41) is 2.91. The summed E-state index contributed by atoms with van der Waals surface area (Å²) in [7, 11) is 3.95. The van der Waals surface area contributed by atoms with Crippen LogP contribution in [0.5, 0.6) is 0 Å². The smallest absolute Gasteiger partial charge is 0.221 e. The van der Waals surface area contributed by atoms with Gasteiger partial charge in [0.15, 0.2) is 0 Å². The second-order valence-corrected chi connectivity index (χ2v) is 7.67. The van der Waals surface area contributed by atoms with E-state index >= 15 is 0 Å². The number of hydrogen-bond donors (Lipinski definition) is 1. The average molecular weight is 408 g/mol. The summed E-state index contributed by atoms with van der Waals surface area (Å²) in [6.45, 7) is 1.52. The first-order valence-corrected chi connectivity index (χ1v) is 10.2. The van der Waals surface area contributed by atoms with Crippen molar-refractivity contribution in [3.8, 4) is 33.6 Å². The van der Waals surface area contributed by atoms with E-state index < -0.39 is 0 Å². The summed E-state index contributed by atoms with van der Waals surface area (Å²) in [5.41, 5.74) is 7.88. The molecule has 154 valence electrons. The highest BCUT2D eigenvalue weighted by atomic mass is 16.1. The molecule has 0 fully saturated rings. The van der Waals surface area contributed by atoms with Crippen LogP contribution in [0.4, 0.5) is 11.4 Å². The highest BCUT2D eigenvalue weighted by Gasteiger charge is 2.12. The van der Waals surface area contributed by atoms with Crippen LogP contribution in [0.15, 0.2) is 91.0 Å². The molecule has 0 spiro atoms. The van der Waals surface area contributed by atoms with Gasteiger partial charge in [0.2, 0.25) is 5.91 Å². The minimum absolute atomic E-state index is 0.0857. The maximum absolute atomic E-state index is 11.6. The Bertz CT molecular complexity index is 1140. The number of hydrogen-bond acceptors (Lipinski definition) is 3. The fourth-order valence-electron chi connectivity index (χ4n) is 3.59. The minimum atomic E-state index is -0.0857. The second-order valence-electron chi connectivity index (χ2n) is 7.67. The van der Waals surface area contributed by atoms with E-state index in [1.807, 2.05) is 67.5 Å². The molecular formula is C27H25N3O. The van der Waals surface area contributed by atoms with Gasteiger partial charge < -0.3 is 10.2 Å². The molecule has 1 heterocycles. The molecule has 0 saturated carbocycles. The van der Waals surface area contributed by atoms with Gasteiger partial charge in [-0.1, -0.05) is 66.7 Å². The third-order valence-corrected chi connectivity index (χ3v) is 5.09. The van der Waals surface area contributed by atoms with Gasteiger partial charge in [-0.05, 0) is 35.4 Å². The summed E-state index contributed by atoms with van der Waals surface area (Å²) in [4.78, 5) is 18.6. The number of nitrogens with one attached hydrogen (secondary N) is 1. The SMILES string of the molecule is CC(=O)Nc1ccc(-c2cc(-c3ccccc3)nc(-c3ccccc3)c2)cc1N(C)C. The van der Waals surface area contributed by atoms with Gasteiger partial charge in [0.1, 0.15) is 0 Å². The lowest BCUT2D eigenvalue weighted by molar-refractivity contribution is -0.114. The van der Waals surface area contributed by atoms with Gasteiger partial charge in [0.05, 0.1) is 22.8 Å². The molecule has 4 heteroatoms. The van der Waals surface area contributed by atoms with E-state index in [1.165, 1.54) is 6.92 Å². The van der Waals surface area contributed by atoms with Crippen molar-refractivity contribution >= 4 is 17.3 Å². The van der Waals surface area contributed by atoms with E-state index in [-0.39, 0.29) is 5.91 Å². The number of nitrogens with zero attached hydrogens (tertiary/aromatic N) is 2. The molecular weight excluding hydrogens is 382 g/mol. The number of anilines is 2. The molecule has 1 aromatic heterocycles. The topological polar surface area (TPSA) is 45.2 Å². The van der Waals surface area contributed by atoms with E-state index in [4.69, 9.17) is 4.98 Å². The number of carbonyl (C=O) groups excluding carboxylic acids is 1. The van der Waals surface area contributed by atoms with Crippen molar-refractivity contribution in [3.63, 3.8) is 0 Å². The maximum Gasteiger partial charge on any atom is 0.221 e. The van der Waals surface area contributed by atoms with Gasteiger partial charge in [0, 0.05) is 32.1 Å². The lowest BCUT2D eigenvalue weighted by Crippen LogP contribution is -2.14. The summed E-state index contributed by atoms with van der Waals surface area (Å²) in [5.74, 6) is -0.0857. The summed E-state index contributed by atoms with van der Waals surface area (Å²) >= 11 is 0. The van der Waals surface area contributed by atoms with Gasteiger partial charge in [0.25, 0.3) is 0 Å². The largest absolute Gasteiger partial charge is 0.376 e. The first-order valence-electron chi connectivity index (χ1n) is 10.2. The summed E-state index contributed by atoms with van der Waals surface area (Å²) in [6.07, 6.45) is 0. The summed E-state index contributed by atoms with van der Waals surface area (Å²) < 4.78 is 0. The van der Waals surface area contributed by atoms with Crippen molar-refractivity contribution in [3.05, 3.63) is 91.0 Å². The average Bonchev–Trinajstić information content (AvgIpc) is 2.79. The van der Waals surface area contributed by atoms with E-state index in [2.05, 4.69) is 47.8 Å². The Morgan fingerprint density at radius 2 is 1.26 bits per heavy atom. The molecule has 4 aromatic rings. The van der Waals surface area contributed by atoms with Crippen molar-refractivity contribution in [2.75, 3.05) is 24.3 Å². The molecule has 4 nitrogen and oxygen atoms in total. The number of amides is 1. The lowest BCUT2D eigenvalue weighted by Gasteiger charge is -2.19. The Kier molecular flexibility index (Phi) is 5.80. The predicted octanol–water partition coefficient (Wildman–Crippen LogP) is 6.11. The Morgan fingerprint density at radius 1 is 0.710 bits per heavy atom. The van der Waals surface area contributed by atoms with Gasteiger partial charge in [-0.2, -0.15) is 0 Å². The van der Waals surface area contributed by atoms with Crippen LogP contribution < -0.4 is 10.2 Å². The molecule has 4 rings (SSSR count). The maximum atomic E-state index is 11.6. The van der Waals surface area contributed by atoms with Crippen LogP contribution in [0.3, 0.4) is 0 Å². The molecule has 0 bridgehead atoms. The van der Waals surface area contributed by atoms with Gasteiger partial charge in [-0.15, -0.1) is 0 Å². The molecule has 0 aliphatic rings. The Labute approximate surface area is 183 Å². The molecule has 0 aliphatic heterocycles.